The van der Waals surface area contributed by atoms with Gasteiger partial charge in [-0.3, -0.25) is 4.79 Å². The van der Waals surface area contributed by atoms with Crippen LogP contribution >= 0.6 is 12.4 Å². The Bertz CT molecular complexity index is 472. The summed E-state index contributed by atoms with van der Waals surface area (Å²) >= 11 is 0. The zero-order valence-corrected chi connectivity index (χ0v) is 14.8. The number of nitrogens with two attached hydrogens (primary N) is 1. The monoisotopic (exact) mass is 353 g/mol. The van der Waals surface area contributed by atoms with Gasteiger partial charge in [-0.25, -0.2) is 13.1 Å². The van der Waals surface area contributed by atoms with Crippen LogP contribution in [0.3, 0.4) is 0 Å². The first-order chi connectivity index (χ1) is 9.85. The molecule has 6 nitrogen and oxygen atoms in total. The molecule has 3 atom stereocenters. The van der Waals surface area contributed by atoms with Crippen molar-refractivity contribution >= 4 is 28.3 Å². The molecule has 1 aliphatic heterocycles. The number of amides is 1. The smallest absolute Gasteiger partial charge is 0.222 e. The minimum Gasteiger partial charge on any atom is -0.342 e. The van der Waals surface area contributed by atoms with Crippen LogP contribution < -0.4 is 10.5 Å². The van der Waals surface area contributed by atoms with E-state index in [0.717, 1.165) is 38.6 Å². The van der Waals surface area contributed by atoms with Crippen LogP contribution in [0.4, 0.5) is 0 Å². The normalized spacial score (nSPS) is 29.2. The Morgan fingerprint density at radius 1 is 1.27 bits per heavy atom. The second kappa shape index (κ2) is 8.47. The molecule has 22 heavy (non-hydrogen) atoms. The Morgan fingerprint density at radius 2 is 2.00 bits per heavy atom. The van der Waals surface area contributed by atoms with E-state index in [1.54, 1.807) is 0 Å². The first kappa shape index (κ1) is 19.7. The molecule has 3 N–H and O–H groups in total. The Balaban J connectivity index is 0.00000242. The van der Waals surface area contributed by atoms with Crippen LogP contribution in [0.15, 0.2) is 0 Å². The number of sulfonamides is 1. The highest BCUT2D eigenvalue weighted by atomic mass is 35.5. The van der Waals surface area contributed by atoms with E-state index >= 15 is 0 Å². The summed E-state index contributed by atoms with van der Waals surface area (Å²) in [5.41, 5.74) is 6.03. The third-order valence-corrected chi connectivity index (χ3v) is 5.35. The molecule has 0 aromatic carbocycles. The van der Waals surface area contributed by atoms with Crippen molar-refractivity contribution in [3.8, 4) is 0 Å². The number of nitrogens with one attached hydrogen (secondary N) is 1. The summed E-state index contributed by atoms with van der Waals surface area (Å²) in [7, 11) is -3.16. The highest BCUT2D eigenvalue weighted by Gasteiger charge is 2.30. The number of likely N-dealkylation sites (tertiary alicyclic amines) is 1. The molecule has 8 heteroatoms. The third-order valence-electron chi connectivity index (χ3n) is 4.66. The first-order valence-electron chi connectivity index (χ1n) is 7.83. The van der Waals surface area contributed by atoms with Crippen molar-refractivity contribution in [3.05, 3.63) is 0 Å². The summed E-state index contributed by atoms with van der Waals surface area (Å²) in [6.07, 6.45) is 6.83. The molecule has 2 rings (SSSR count). The summed E-state index contributed by atoms with van der Waals surface area (Å²) in [6, 6.07) is 0.168. The van der Waals surface area contributed by atoms with Crippen molar-refractivity contribution < 1.29 is 13.2 Å². The molecule has 1 amide bonds. The van der Waals surface area contributed by atoms with E-state index in [1.807, 2.05) is 4.90 Å². The van der Waals surface area contributed by atoms with Crippen LogP contribution in [0.25, 0.3) is 0 Å². The lowest BCUT2D eigenvalue weighted by Gasteiger charge is -2.33. The Morgan fingerprint density at radius 3 is 2.59 bits per heavy atom. The molecule has 2 aliphatic rings. The molecule has 1 aliphatic carbocycles. The number of hydrogen-bond donors (Lipinski definition) is 2. The topological polar surface area (TPSA) is 92.5 Å². The first-order valence-corrected chi connectivity index (χ1v) is 9.72. The van der Waals surface area contributed by atoms with Gasteiger partial charge in [-0.05, 0) is 37.5 Å². The zero-order chi connectivity index (χ0) is 15.5. The molecule has 1 heterocycles. The van der Waals surface area contributed by atoms with Crippen molar-refractivity contribution in [2.45, 2.75) is 44.6 Å². The van der Waals surface area contributed by atoms with Crippen molar-refractivity contribution in [2.24, 2.45) is 17.6 Å². The van der Waals surface area contributed by atoms with Crippen LogP contribution in [0.1, 0.15) is 38.5 Å². The van der Waals surface area contributed by atoms with Gasteiger partial charge in [0.1, 0.15) is 0 Å². The Hall–Kier alpha value is -0.370. The van der Waals surface area contributed by atoms with Gasteiger partial charge in [0.2, 0.25) is 15.9 Å². The highest BCUT2D eigenvalue weighted by Crippen LogP contribution is 2.28. The fraction of sp³-hybridized carbons (Fsp3) is 0.929. The lowest BCUT2D eigenvalue weighted by Crippen LogP contribution is -2.44. The summed E-state index contributed by atoms with van der Waals surface area (Å²) in [5, 5.41) is 0. The van der Waals surface area contributed by atoms with E-state index < -0.39 is 10.0 Å². The standard InChI is InChI=1S/C14H27N3O3S.ClH/c1-21(19,20)16-9-11-4-3-7-17(10-11)14(18)8-12-5-2-6-13(12)15;/h11-13,16H,2-10,15H2,1H3;1H/t11?,12-,13+;/m0./s1. The van der Waals surface area contributed by atoms with Crippen molar-refractivity contribution in [1.29, 1.82) is 0 Å². The number of piperidine rings is 1. The summed E-state index contributed by atoms with van der Waals surface area (Å²) in [4.78, 5) is 14.3. The van der Waals surface area contributed by atoms with Crippen LogP contribution in [0, 0.1) is 11.8 Å². The summed E-state index contributed by atoms with van der Waals surface area (Å²) in [5.74, 6) is 0.725. The maximum Gasteiger partial charge on any atom is 0.222 e. The lowest BCUT2D eigenvalue weighted by atomic mass is 9.95. The highest BCUT2D eigenvalue weighted by molar-refractivity contribution is 7.88. The predicted octanol–water partition coefficient (Wildman–Crippen LogP) is 0.714. The minimum atomic E-state index is -3.16. The maximum atomic E-state index is 12.4. The SMILES string of the molecule is CS(=O)(=O)NCC1CCCN(C(=O)C[C@@H]2CCC[C@H]2N)C1.Cl. The van der Waals surface area contributed by atoms with Crippen LogP contribution in [-0.2, 0) is 14.8 Å². The van der Waals surface area contributed by atoms with Gasteiger partial charge in [0.05, 0.1) is 6.26 Å². The van der Waals surface area contributed by atoms with Gasteiger partial charge in [-0.2, -0.15) is 0 Å². The minimum absolute atomic E-state index is 0. The van der Waals surface area contributed by atoms with Crippen LogP contribution in [-0.4, -0.2) is 51.2 Å². The summed E-state index contributed by atoms with van der Waals surface area (Å²) < 4.78 is 24.8. The molecular formula is C14H28ClN3O3S. The van der Waals surface area contributed by atoms with E-state index in [0.29, 0.717) is 25.4 Å². The number of carbonyl (C=O) groups excluding carboxylic acids is 1. The Labute approximate surface area is 139 Å². The van der Waals surface area contributed by atoms with Gasteiger partial charge in [-0.1, -0.05) is 6.42 Å². The Kier molecular flexibility index (Phi) is 7.58. The van der Waals surface area contributed by atoms with Gasteiger partial charge >= 0.3 is 0 Å². The second-order valence-corrected chi connectivity index (χ2v) is 8.36. The number of carbonyl (C=O) groups is 1. The van der Waals surface area contributed by atoms with Crippen molar-refractivity contribution in [3.63, 3.8) is 0 Å². The molecular weight excluding hydrogens is 326 g/mol. The molecule has 0 aromatic rings. The number of halogens is 1. The fourth-order valence-corrected chi connectivity index (χ4v) is 3.94. The number of hydrogen-bond acceptors (Lipinski definition) is 4. The van der Waals surface area contributed by atoms with Gasteiger partial charge in [0.25, 0.3) is 0 Å². The molecule has 0 bridgehead atoms. The number of rotatable bonds is 5. The molecule has 0 radical (unpaired) electrons. The lowest BCUT2D eigenvalue weighted by molar-refractivity contribution is -0.134. The van der Waals surface area contributed by atoms with E-state index in [4.69, 9.17) is 5.73 Å². The zero-order valence-electron chi connectivity index (χ0n) is 13.2. The third kappa shape index (κ3) is 6.02. The second-order valence-electron chi connectivity index (χ2n) is 6.53. The van der Waals surface area contributed by atoms with Gasteiger partial charge in [0.15, 0.2) is 0 Å². The fourth-order valence-electron chi connectivity index (χ4n) is 3.40. The molecule has 1 unspecified atom stereocenters. The quantitative estimate of drug-likeness (QED) is 0.761. The molecule has 0 aromatic heterocycles. The predicted molar refractivity (Wildman–Crippen MR) is 89.3 cm³/mol. The van der Waals surface area contributed by atoms with E-state index in [2.05, 4.69) is 4.72 Å². The van der Waals surface area contributed by atoms with E-state index in [1.165, 1.54) is 6.26 Å². The molecule has 0 spiro atoms. The molecule has 130 valence electrons. The van der Waals surface area contributed by atoms with E-state index in [-0.39, 0.29) is 30.3 Å². The molecule has 1 saturated heterocycles. The van der Waals surface area contributed by atoms with Crippen LogP contribution in [0.5, 0.6) is 0 Å². The van der Waals surface area contributed by atoms with Gasteiger partial charge < -0.3 is 10.6 Å². The summed E-state index contributed by atoms with van der Waals surface area (Å²) in [6.45, 7) is 1.87. The number of nitrogens with zero attached hydrogens (tertiary/aromatic N) is 1. The average molecular weight is 354 g/mol. The molecule has 2 fully saturated rings. The average Bonchev–Trinajstić information content (AvgIpc) is 2.81. The maximum absolute atomic E-state index is 12.4. The van der Waals surface area contributed by atoms with Gasteiger partial charge in [0, 0.05) is 32.1 Å². The van der Waals surface area contributed by atoms with E-state index in [9.17, 15) is 13.2 Å². The van der Waals surface area contributed by atoms with Crippen molar-refractivity contribution in [2.75, 3.05) is 25.9 Å². The van der Waals surface area contributed by atoms with Crippen molar-refractivity contribution in [1.82, 2.24) is 9.62 Å². The van der Waals surface area contributed by atoms with Crippen LogP contribution in [0.2, 0.25) is 0 Å². The van der Waals surface area contributed by atoms with Gasteiger partial charge in [-0.15, -0.1) is 12.4 Å². The largest absolute Gasteiger partial charge is 0.342 e. The molecule has 1 saturated carbocycles.